The fourth-order valence-corrected chi connectivity index (χ4v) is 2.30. The van der Waals surface area contributed by atoms with Gasteiger partial charge in [0.05, 0.1) is 11.6 Å². The highest BCUT2D eigenvalue weighted by Gasteiger charge is 2.08. The molecule has 2 aromatic carbocycles. The van der Waals surface area contributed by atoms with Crippen molar-refractivity contribution >= 4 is 0 Å². The van der Waals surface area contributed by atoms with Crippen LogP contribution in [0.1, 0.15) is 40.8 Å². The average Bonchev–Trinajstić information content (AvgIpc) is 2.47. The predicted octanol–water partition coefficient (Wildman–Crippen LogP) is 4.03. The second-order valence-corrected chi connectivity index (χ2v) is 5.27. The molecule has 2 nitrogen and oxygen atoms in total. The highest BCUT2D eigenvalue weighted by molar-refractivity contribution is 5.33. The summed E-state index contributed by atoms with van der Waals surface area (Å²) >= 11 is 0. The molecule has 0 spiro atoms. The van der Waals surface area contributed by atoms with Gasteiger partial charge in [0.1, 0.15) is 0 Å². The van der Waals surface area contributed by atoms with E-state index in [1.807, 2.05) is 24.3 Å². The Balaban J connectivity index is 2.02. The summed E-state index contributed by atoms with van der Waals surface area (Å²) in [6.07, 6.45) is 0. The van der Waals surface area contributed by atoms with Crippen molar-refractivity contribution in [3.63, 3.8) is 0 Å². The zero-order valence-electron chi connectivity index (χ0n) is 12.3. The molecule has 0 saturated heterocycles. The van der Waals surface area contributed by atoms with E-state index in [0.29, 0.717) is 11.6 Å². The first-order chi connectivity index (χ1) is 9.60. The number of hydrogen-bond acceptors (Lipinski definition) is 2. The second kappa shape index (κ2) is 6.36. The molecule has 0 heterocycles. The molecule has 1 atom stereocenters. The van der Waals surface area contributed by atoms with Gasteiger partial charge in [-0.25, -0.2) is 0 Å². The van der Waals surface area contributed by atoms with Crippen LogP contribution < -0.4 is 5.32 Å². The SMILES string of the molecule is Cc1ccc(C)c(C(C)NCc2ccc(C#N)cc2)c1. The minimum Gasteiger partial charge on any atom is -0.306 e. The molecule has 20 heavy (non-hydrogen) atoms. The fraction of sp³-hybridized carbons (Fsp3) is 0.278. The van der Waals surface area contributed by atoms with Crippen molar-refractivity contribution < 1.29 is 0 Å². The second-order valence-electron chi connectivity index (χ2n) is 5.27. The molecule has 0 fully saturated rings. The monoisotopic (exact) mass is 264 g/mol. The van der Waals surface area contributed by atoms with Gasteiger partial charge in [-0.2, -0.15) is 5.26 Å². The summed E-state index contributed by atoms with van der Waals surface area (Å²) in [7, 11) is 0. The third-order valence-corrected chi connectivity index (χ3v) is 3.60. The van der Waals surface area contributed by atoms with Gasteiger partial charge < -0.3 is 5.32 Å². The number of benzene rings is 2. The van der Waals surface area contributed by atoms with Crippen LogP contribution >= 0.6 is 0 Å². The Morgan fingerprint density at radius 3 is 2.45 bits per heavy atom. The summed E-state index contributed by atoms with van der Waals surface area (Å²) in [4.78, 5) is 0. The van der Waals surface area contributed by atoms with E-state index < -0.39 is 0 Å². The van der Waals surface area contributed by atoms with Crippen LogP contribution in [0.25, 0.3) is 0 Å². The zero-order valence-corrected chi connectivity index (χ0v) is 12.3. The third-order valence-electron chi connectivity index (χ3n) is 3.60. The summed E-state index contributed by atoms with van der Waals surface area (Å²) in [6, 6.07) is 16.7. The number of nitrogens with one attached hydrogen (secondary N) is 1. The van der Waals surface area contributed by atoms with E-state index in [1.54, 1.807) is 0 Å². The molecular weight excluding hydrogens is 244 g/mol. The van der Waals surface area contributed by atoms with Crippen LogP contribution in [0.2, 0.25) is 0 Å². The Morgan fingerprint density at radius 1 is 1.10 bits per heavy atom. The molecule has 0 aromatic heterocycles. The van der Waals surface area contributed by atoms with Crippen LogP contribution in [0.15, 0.2) is 42.5 Å². The van der Waals surface area contributed by atoms with Crippen LogP contribution in [0.4, 0.5) is 0 Å². The van der Waals surface area contributed by atoms with E-state index in [-0.39, 0.29) is 0 Å². The Hall–Kier alpha value is -2.11. The lowest BCUT2D eigenvalue weighted by Gasteiger charge is -2.17. The molecule has 0 radical (unpaired) electrons. The molecule has 0 aliphatic rings. The molecule has 2 rings (SSSR count). The average molecular weight is 264 g/mol. The molecule has 102 valence electrons. The topological polar surface area (TPSA) is 35.8 Å². The summed E-state index contributed by atoms with van der Waals surface area (Å²) in [6.45, 7) is 7.26. The van der Waals surface area contributed by atoms with E-state index in [9.17, 15) is 0 Å². The Labute approximate surface area is 121 Å². The van der Waals surface area contributed by atoms with E-state index >= 15 is 0 Å². The summed E-state index contributed by atoms with van der Waals surface area (Å²) in [5.41, 5.74) is 5.85. The highest BCUT2D eigenvalue weighted by Crippen LogP contribution is 2.19. The van der Waals surface area contributed by atoms with Crippen LogP contribution in [0.3, 0.4) is 0 Å². The molecule has 0 amide bonds. The molecule has 0 aliphatic carbocycles. The quantitative estimate of drug-likeness (QED) is 0.905. The predicted molar refractivity (Wildman–Crippen MR) is 82.3 cm³/mol. The molecule has 1 unspecified atom stereocenters. The molecule has 2 heteroatoms. The Morgan fingerprint density at radius 2 is 1.80 bits per heavy atom. The van der Waals surface area contributed by atoms with Crippen molar-refractivity contribution in [3.05, 3.63) is 70.3 Å². The van der Waals surface area contributed by atoms with Gasteiger partial charge in [0.15, 0.2) is 0 Å². The lowest BCUT2D eigenvalue weighted by Crippen LogP contribution is -2.19. The number of aryl methyl sites for hydroxylation is 2. The van der Waals surface area contributed by atoms with Gasteiger partial charge >= 0.3 is 0 Å². The van der Waals surface area contributed by atoms with Gasteiger partial charge in [-0.15, -0.1) is 0 Å². The minimum absolute atomic E-state index is 0.311. The Bertz CT molecular complexity index is 621. The number of hydrogen-bond donors (Lipinski definition) is 1. The first kappa shape index (κ1) is 14.3. The van der Waals surface area contributed by atoms with Gasteiger partial charge in [-0.3, -0.25) is 0 Å². The van der Waals surface area contributed by atoms with Crippen molar-refractivity contribution in [1.82, 2.24) is 5.32 Å². The molecule has 1 N–H and O–H groups in total. The normalized spacial score (nSPS) is 11.9. The molecule has 0 aliphatic heterocycles. The third kappa shape index (κ3) is 3.46. The van der Waals surface area contributed by atoms with Gasteiger partial charge in [0.25, 0.3) is 0 Å². The minimum atomic E-state index is 0.311. The van der Waals surface area contributed by atoms with Gasteiger partial charge in [0.2, 0.25) is 0 Å². The maximum Gasteiger partial charge on any atom is 0.0991 e. The van der Waals surface area contributed by atoms with Crippen LogP contribution in [0.5, 0.6) is 0 Å². The smallest absolute Gasteiger partial charge is 0.0991 e. The van der Waals surface area contributed by atoms with Crippen molar-refractivity contribution in [2.75, 3.05) is 0 Å². The maximum atomic E-state index is 8.79. The number of rotatable bonds is 4. The van der Waals surface area contributed by atoms with E-state index in [0.717, 1.165) is 6.54 Å². The van der Waals surface area contributed by atoms with Crippen LogP contribution in [-0.4, -0.2) is 0 Å². The van der Waals surface area contributed by atoms with Crippen LogP contribution in [-0.2, 0) is 6.54 Å². The summed E-state index contributed by atoms with van der Waals surface area (Å²) in [5.74, 6) is 0. The largest absolute Gasteiger partial charge is 0.306 e. The Kier molecular flexibility index (Phi) is 4.55. The standard InChI is InChI=1S/C18H20N2/c1-13-4-5-14(2)18(10-13)15(3)20-12-17-8-6-16(11-19)7-9-17/h4-10,15,20H,12H2,1-3H3. The lowest BCUT2D eigenvalue weighted by atomic mass is 10.00. The summed E-state index contributed by atoms with van der Waals surface area (Å²) in [5, 5.41) is 12.3. The zero-order chi connectivity index (χ0) is 14.5. The van der Waals surface area contributed by atoms with Crippen molar-refractivity contribution in [2.45, 2.75) is 33.4 Å². The number of nitrogens with zero attached hydrogens (tertiary/aromatic N) is 1. The van der Waals surface area contributed by atoms with E-state index in [1.165, 1.54) is 22.3 Å². The van der Waals surface area contributed by atoms with E-state index in [4.69, 9.17) is 5.26 Å². The first-order valence-corrected chi connectivity index (χ1v) is 6.89. The molecule has 0 saturated carbocycles. The summed E-state index contributed by atoms with van der Waals surface area (Å²) < 4.78 is 0. The molecule has 2 aromatic rings. The first-order valence-electron chi connectivity index (χ1n) is 6.89. The fourth-order valence-electron chi connectivity index (χ4n) is 2.30. The van der Waals surface area contributed by atoms with Gasteiger partial charge in [-0.1, -0.05) is 35.9 Å². The van der Waals surface area contributed by atoms with Gasteiger partial charge in [-0.05, 0) is 49.6 Å². The van der Waals surface area contributed by atoms with Crippen molar-refractivity contribution in [2.24, 2.45) is 0 Å². The molecular formula is C18H20N2. The van der Waals surface area contributed by atoms with Crippen LogP contribution in [0, 0.1) is 25.2 Å². The van der Waals surface area contributed by atoms with E-state index in [2.05, 4.69) is 50.4 Å². The van der Waals surface area contributed by atoms with Gasteiger partial charge in [0, 0.05) is 12.6 Å². The molecule has 0 bridgehead atoms. The van der Waals surface area contributed by atoms with Crippen molar-refractivity contribution in [3.8, 4) is 6.07 Å². The lowest BCUT2D eigenvalue weighted by molar-refractivity contribution is 0.572. The maximum absolute atomic E-state index is 8.79. The van der Waals surface area contributed by atoms with Crippen molar-refractivity contribution in [1.29, 1.82) is 5.26 Å². The number of nitriles is 1. The highest BCUT2D eigenvalue weighted by atomic mass is 14.9.